The Morgan fingerprint density at radius 3 is 2.65 bits per heavy atom. The maximum absolute atomic E-state index is 13.3. The van der Waals surface area contributed by atoms with Gasteiger partial charge >= 0.3 is 0 Å². The van der Waals surface area contributed by atoms with Crippen molar-refractivity contribution in [2.45, 2.75) is 58.7 Å². The first-order valence-electron chi connectivity index (χ1n) is 11.9. The fraction of sp³-hybridized carbons (Fsp3) is 0.440. The van der Waals surface area contributed by atoms with Crippen molar-refractivity contribution >= 4 is 11.8 Å². The lowest BCUT2D eigenvalue weighted by Crippen LogP contribution is -2.38. The number of rotatable bonds is 6. The van der Waals surface area contributed by atoms with Crippen LogP contribution in [-0.4, -0.2) is 45.3 Å². The monoisotopic (exact) mass is 463 g/mol. The summed E-state index contributed by atoms with van der Waals surface area (Å²) in [7, 11) is 1.62. The van der Waals surface area contributed by atoms with Crippen molar-refractivity contribution in [1.82, 2.24) is 25.2 Å². The molecule has 34 heavy (non-hydrogen) atoms. The minimum atomic E-state index is -0.243. The highest BCUT2D eigenvalue weighted by molar-refractivity contribution is 5.96. The molecule has 0 fully saturated rings. The van der Waals surface area contributed by atoms with Gasteiger partial charge in [0.05, 0.1) is 13.7 Å². The molecule has 0 saturated heterocycles. The zero-order chi connectivity index (χ0) is 23.7. The molecule has 1 aliphatic carbocycles. The summed E-state index contributed by atoms with van der Waals surface area (Å²) in [5.41, 5.74) is 4.54. The quantitative estimate of drug-likeness (QED) is 0.603. The van der Waals surface area contributed by atoms with E-state index in [1.54, 1.807) is 12.0 Å². The summed E-state index contributed by atoms with van der Waals surface area (Å²) in [6, 6.07) is 7.55. The van der Waals surface area contributed by atoms with E-state index in [4.69, 9.17) is 9.26 Å². The number of benzene rings is 1. The number of hydrogen-bond donors (Lipinski definition) is 1. The molecule has 0 saturated carbocycles. The summed E-state index contributed by atoms with van der Waals surface area (Å²) in [6.07, 6.45) is 4.41. The van der Waals surface area contributed by atoms with Gasteiger partial charge in [-0.25, -0.2) is 0 Å². The molecule has 2 aromatic heterocycles. The van der Waals surface area contributed by atoms with Crippen molar-refractivity contribution in [3.05, 3.63) is 63.8 Å². The molecule has 1 aromatic carbocycles. The van der Waals surface area contributed by atoms with Crippen molar-refractivity contribution in [3.8, 4) is 5.75 Å². The number of aryl methyl sites for hydroxylation is 2. The summed E-state index contributed by atoms with van der Waals surface area (Å²) < 4.78 is 12.5. The Bertz CT molecular complexity index is 1210. The predicted octanol–water partition coefficient (Wildman–Crippen LogP) is 2.91. The Hall–Kier alpha value is -3.62. The van der Waals surface area contributed by atoms with E-state index in [9.17, 15) is 9.59 Å². The molecule has 0 atom stereocenters. The second kappa shape index (κ2) is 9.32. The molecule has 178 valence electrons. The lowest BCUT2D eigenvalue weighted by Gasteiger charge is -2.27. The first-order valence-corrected chi connectivity index (χ1v) is 11.9. The molecule has 0 spiro atoms. The SMILES string of the molecule is CCn1nc(C(=O)NCc2ccc(OC)cc2)c2c1CCN(C(=O)c1noc3c1CCCC3)C2. The molecule has 9 heteroatoms. The lowest BCUT2D eigenvalue weighted by molar-refractivity contribution is 0.0719. The van der Waals surface area contributed by atoms with Crippen LogP contribution < -0.4 is 10.1 Å². The minimum absolute atomic E-state index is 0.133. The number of carbonyl (C=O) groups excluding carboxylic acids is 2. The van der Waals surface area contributed by atoms with Gasteiger partial charge in [0, 0.05) is 49.3 Å². The van der Waals surface area contributed by atoms with E-state index in [0.29, 0.717) is 44.0 Å². The second-order valence-electron chi connectivity index (χ2n) is 8.74. The number of methoxy groups -OCH3 is 1. The fourth-order valence-corrected chi connectivity index (χ4v) is 4.82. The third kappa shape index (κ3) is 4.06. The highest BCUT2D eigenvalue weighted by Crippen LogP contribution is 2.28. The van der Waals surface area contributed by atoms with Gasteiger partial charge in [0.25, 0.3) is 11.8 Å². The Morgan fingerprint density at radius 1 is 1.09 bits per heavy atom. The maximum atomic E-state index is 13.3. The Labute approximate surface area is 198 Å². The molecule has 3 aromatic rings. The van der Waals surface area contributed by atoms with E-state index in [2.05, 4.69) is 15.6 Å². The number of carbonyl (C=O) groups is 2. The van der Waals surface area contributed by atoms with Gasteiger partial charge in [0.1, 0.15) is 11.5 Å². The normalized spacial score (nSPS) is 14.9. The number of amides is 2. The predicted molar refractivity (Wildman–Crippen MR) is 124 cm³/mol. The van der Waals surface area contributed by atoms with Gasteiger partial charge < -0.3 is 19.5 Å². The summed E-state index contributed by atoms with van der Waals surface area (Å²) in [6.45, 7) is 3.95. The van der Waals surface area contributed by atoms with Gasteiger partial charge in [-0.3, -0.25) is 14.3 Å². The molecule has 2 amide bonds. The average Bonchev–Trinajstić information content (AvgIpc) is 3.48. The third-order valence-electron chi connectivity index (χ3n) is 6.70. The van der Waals surface area contributed by atoms with Crippen LogP contribution in [0.2, 0.25) is 0 Å². The van der Waals surface area contributed by atoms with Crippen LogP contribution in [0.25, 0.3) is 0 Å². The van der Waals surface area contributed by atoms with Crippen LogP contribution in [-0.2, 0) is 38.9 Å². The van der Waals surface area contributed by atoms with E-state index in [0.717, 1.165) is 59.6 Å². The fourth-order valence-electron chi connectivity index (χ4n) is 4.82. The van der Waals surface area contributed by atoms with Crippen LogP contribution in [0.1, 0.15) is 68.9 Å². The molecule has 0 bridgehead atoms. The highest BCUT2D eigenvalue weighted by atomic mass is 16.5. The standard InChI is InChI=1S/C25H29N5O4/c1-3-30-20-12-13-29(25(32)23-18-6-4-5-7-21(18)34-28-23)15-19(20)22(27-30)24(31)26-14-16-8-10-17(33-2)11-9-16/h8-11H,3-7,12-15H2,1-2H3,(H,26,31). The zero-order valence-corrected chi connectivity index (χ0v) is 19.6. The van der Waals surface area contributed by atoms with Crippen molar-refractivity contribution in [3.63, 3.8) is 0 Å². The Morgan fingerprint density at radius 2 is 1.88 bits per heavy atom. The lowest BCUT2D eigenvalue weighted by atomic mass is 9.95. The average molecular weight is 464 g/mol. The minimum Gasteiger partial charge on any atom is -0.497 e. The molecule has 0 radical (unpaired) electrons. The van der Waals surface area contributed by atoms with Crippen LogP contribution in [0.5, 0.6) is 5.75 Å². The molecule has 9 nitrogen and oxygen atoms in total. The summed E-state index contributed by atoms with van der Waals surface area (Å²) >= 11 is 0. The summed E-state index contributed by atoms with van der Waals surface area (Å²) in [4.78, 5) is 28.2. The van der Waals surface area contributed by atoms with Gasteiger partial charge in [-0.15, -0.1) is 0 Å². The van der Waals surface area contributed by atoms with Crippen molar-refractivity contribution in [2.24, 2.45) is 0 Å². The van der Waals surface area contributed by atoms with E-state index < -0.39 is 0 Å². The van der Waals surface area contributed by atoms with E-state index >= 15 is 0 Å². The molecule has 0 unspecified atom stereocenters. The van der Waals surface area contributed by atoms with Gasteiger partial charge in [0.15, 0.2) is 11.4 Å². The van der Waals surface area contributed by atoms with Crippen molar-refractivity contribution < 1.29 is 18.8 Å². The van der Waals surface area contributed by atoms with Gasteiger partial charge in [-0.05, 0) is 43.9 Å². The summed E-state index contributed by atoms with van der Waals surface area (Å²) in [5, 5.41) is 11.7. The third-order valence-corrected chi connectivity index (χ3v) is 6.70. The summed E-state index contributed by atoms with van der Waals surface area (Å²) in [5.74, 6) is 1.23. The van der Waals surface area contributed by atoms with Gasteiger partial charge in [0.2, 0.25) is 0 Å². The largest absolute Gasteiger partial charge is 0.497 e. The molecule has 3 heterocycles. The number of hydrogen-bond acceptors (Lipinski definition) is 6. The topological polar surface area (TPSA) is 102 Å². The number of nitrogens with one attached hydrogen (secondary N) is 1. The maximum Gasteiger partial charge on any atom is 0.276 e. The second-order valence-corrected chi connectivity index (χ2v) is 8.74. The highest BCUT2D eigenvalue weighted by Gasteiger charge is 2.33. The number of aromatic nitrogens is 3. The van der Waals surface area contributed by atoms with Crippen LogP contribution in [0.3, 0.4) is 0 Å². The number of fused-ring (bicyclic) bond motifs is 2. The van der Waals surface area contributed by atoms with Crippen LogP contribution in [0, 0.1) is 0 Å². The number of ether oxygens (including phenoxy) is 1. The van der Waals surface area contributed by atoms with Crippen LogP contribution in [0.15, 0.2) is 28.8 Å². The first-order chi connectivity index (χ1) is 16.6. The Balaban J connectivity index is 1.34. The van der Waals surface area contributed by atoms with Gasteiger partial charge in [-0.2, -0.15) is 5.10 Å². The number of nitrogens with zero attached hydrogens (tertiary/aromatic N) is 4. The molecular formula is C25H29N5O4. The van der Waals surface area contributed by atoms with Crippen LogP contribution in [0.4, 0.5) is 0 Å². The molecular weight excluding hydrogens is 434 g/mol. The molecule has 2 aliphatic rings. The van der Waals surface area contributed by atoms with E-state index in [1.165, 1.54) is 0 Å². The van der Waals surface area contributed by atoms with Crippen molar-refractivity contribution in [2.75, 3.05) is 13.7 Å². The van der Waals surface area contributed by atoms with Gasteiger partial charge in [-0.1, -0.05) is 17.3 Å². The van der Waals surface area contributed by atoms with E-state index in [1.807, 2.05) is 35.9 Å². The molecule has 5 rings (SSSR count). The van der Waals surface area contributed by atoms with Crippen LogP contribution >= 0.6 is 0 Å². The first kappa shape index (κ1) is 22.2. The zero-order valence-electron chi connectivity index (χ0n) is 19.6. The smallest absolute Gasteiger partial charge is 0.276 e. The molecule has 1 N–H and O–H groups in total. The van der Waals surface area contributed by atoms with E-state index in [-0.39, 0.29) is 11.8 Å². The molecule has 1 aliphatic heterocycles. The van der Waals surface area contributed by atoms with Crippen molar-refractivity contribution in [1.29, 1.82) is 0 Å². The Kier molecular flexibility index (Phi) is 6.08.